The van der Waals surface area contributed by atoms with Crippen molar-refractivity contribution in [3.63, 3.8) is 0 Å². The summed E-state index contributed by atoms with van der Waals surface area (Å²) in [5, 5.41) is 13.0. The number of thiophene rings is 1. The lowest BCUT2D eigenvalue weighted by Crippen LogP contribution is -2.42. The van der Waals surface area contributed by atoms with E-state index in [-0.39, 0.29) is 29.4 Å². The van der Waals surface area contributed by atoms with Gasteiger partial charge in [-0.15, -0.1) is 35.3 Å². The minimum Gasteiger partial charge on any atom is -0.356 e. The molecule has 0 radical (unpaired) electrons. The van der Waals surface area contributed by atoms with E-state index in [1.165, 1.54) is 16.8 Å². The molecule has 0 unspecified atom stereocenters. The van der Waals surface area contributed by atoms with Crippen LogP contribution < -0.4 is 10.6 Å². The predicted molar refractivity (Wildman–Crippen MR) is 122 cm³/mol. The van der Waals surface area contributed by atoms with Crippen molar-refractivity contribution in [2.45, 2.75) is 25.8 Å². The molecule has 144 valence electrons. The standard InChI is InChI=1S/C19H24N6S.HI/c1-19(2,17-5-4-10-26-17)12-23-18(20-3)22-11-15-6-8-16(9-7-15)25-14-21-13-24-25;/h4-10,13-14H,11-12H2,1-3H3,(H2,20,22,23);1H. The molecule has 0 aliphatic rings. The lowest BCUT2D eigenvalue weighted by atomic mass is 9.91. The summed E-state index contributed by atoms with van der Waals surface area (Å²) in [6.45, 7) is 6.00. The Balaban J connectivity index is 0.00000261. The van der Waals surface area contributed by atoms with Gasteiger partial charge >= 0.3 is 0 Å². The quantitative estimate of drug-likeness (QED) is 0.311. The Bertz CT molecular complexity index is 826. The first-order chi connectivity index (χ1) is 12.6. The summed E-state index contributed by atoms with van der Waals surface area (Å²) in [4.78, 5) is 9.65. The number of aromatic nitrogens is 3. The normalized spacial score (nSPS) is 11.7. The molecule has 0 fully saturated rings. The van der Waals surface area contributed by atoms with E-state index >= 15 is 0 Å². The average Bonchev–Trinajstić information content (AvgIpc) is 3.36. The third kappa shape index (κ3) is 5.77. The monoisotopic (exact) mass is 496 g/mol. The number of aliphatic imine (C=N–C) groups is 1. The Labute approximate surface area is 181 Å². The van der Waals surface area contributed by atoms with Gasteiger partial charge in [0, 0.05) is 30.4 Å². The maximum Gasteiger partial charge on any atom is 0.191 e. The number of nitrogens with zero attached hydrogens (tertiary/aromatic N) is 4. The maximum atomic E-state index is 4.32. The fraction of sp³-hybridized carbons (Fsp3) is 0.316. The molecule has 0 aliphatic heterocycles. The molecule has 0 aliphatic carbocycles. The first-order valence-corrected chi connectivity index (χ1v) is 9.39. The van der Waals surface area contributed by atoms with Gasteiger partial charge in [-0.1, -0.05) is 32.0 Å². The van der Waals surface area contributed by atoms with Crippen LogP contribution in [0.15, 0.2) is 59.4 Å². The summed E-state index contributed by atoms with van der Waals surface area (Å²) in [6, 6.07) is 12.5. The zero-order valence-electron chi connectivity index (χ0n) is 15.7. The molecule has 0 saturated carbocycles. The molecule has 0 saturated heterocycles. The summed E-state index contributed by atoms with van der Waals surface area (Å²) >= 11 is 1.79. The van der Waals surface area contributed by atoms with Crippen molar-refractivity contribution >= 4 is 41.3 Å². The highest BCUT2D eigenvalue weighted by atomic mass is 127. The summed E-state index contributed by atoms with van der Waals surface area (Å²) in [6.07, 6.45) is 3.22. The van der Waals surface area contributed by atoms with Crippen molar-refractivity contribution in [3.05, 3.63) is 64.9 Å². The molecule has 2 N–H and O–H groups in total. The summed E-state index contributed by atoms with van der Waals surface area (Å²) in [5.41, 5.74) is 2.23. The van der Waals surface area contributed by atoms with Crippen LogP contribution in [0.4, 0.5) is 0 Å². The van der Waals surface area contributed by atoms with Crippen LogP contribution in [0.5, 0.6) is 0 Å². The van der Waals surface area contributed by atoms with Gasteiger partial charge in [-0.3, -0.25) is 4.99 Å². The van der Waals surface area contributed by atoms with Crippen LogP contribution in [0.3, 0.4) is 0 Å². The Kier molecular flexibility index (Phi) is 7.78. The Hall–Kier alpha value is -1.94. The zero-order chi connectivity index (χ0) is 18.4. The first-order valence-electron chi connectivity index (χ1n) is 8.51. The predicted octanol–water partition coefficient (Wildman–Crippen LogP) is 3.59. The number of guanidine groups is 1. The van der Waals surface area contributed by atoms with Crippen LogP contribution in [0, 0.1) is 0 Å². The van der Waals surface area contributed by atoms with E-state index in [2.05, 4.69) is 69.2 Å². The molecular formula is C19H25IN6S. The average molecular weight is 496 g/mol. The number of nitrogens with one attached hydrogen (secondary N) is 2. The molecule has 0 amide bonds. The molecule has 0 atom stereocenters. The molecule has 8 heteroatoms. The van der Waals surface area contributed by atoms with Gasteiger partial charge in [0.1, 0.15) is 12.7 Å². The minimum atomic E-state index is 0. The second-order valence-electron chi connectivity index (χ2n) is 6.65. The van der Waals surface area contributed by atoms with E-state index in [0.717, 1.165) is 18.2 Å². The number of halogens is 1. The molecule has 0 spiro atoms. The third-order valence-electron chi connectivity index (χ3n) is 4.19. The number of benzene rings is 1. The topological polar surface area (TPSA) is 67.1 Å². The molecule has 3 aromatic rings. The van der Waals surface area contributed by atoms with Crippen LogP contribution in [-0.4, -0.2) is 34.3 Å². The van der Waals surface area contributed by atoms with Gasteiger partial charge in [-0.2, -0.15) is 5.10 Å². The number of rotatable bonds is 6. The second kappa shape index (κ2) is 9.84. The van der Waals surface area contributed by atoms with E-state index in [1.54, 1.807) is 29.4 Å². The molecule has 2 aromatic heterocycles. The van der Waals surface area contributed by atoms with Crippen molar-refractivity contribution in [2.24, 2.45) is 4.99 Å². The lowest BCUT2D eigenvalue weighted by Gasteiger charge is -2.25. The zero-order valence-corrected chi connectivity index (χ0v) is 18.9. The lowest BCUT2D eigenvalue weighted by molar-refractivity contribution is 0.518. The Morgan fingerprint density at radius 1 is 1.19 bits per heavy atom. The SMILES string of the molecule is CN=C(NCc1ccc(-n2cncn2)cc1)NCC(C)(C)c1cccs1.I. The van der Waals surface area contributed by atoms with Gasteiger partial charge in [-0.05, 0) is 29.1 Å². The summed E-state index contributed by atoms with van der Waals surface area (Å²) < 4.78 is 1.74. The van der Waals surface area contributed by atoms with Gasteiger partial charge in [0.2, 0.25) is 0 Å². The van der Waals surface area contributed by atoms with Crippen LogP contribution in [0.1, 0.15) is 24.3 Å². The minimum absolute atomic E-state index is 0. The Morgan fingerprint density at radius 2 is 1.96 bits per heavy atom. The summed E-state index contributed by atoms with van der Waals surface area (Å²) in [7, 11) is 1.79. The van der Waals surface area contributed by atoms with E-state index in [4.69, 9.17) is 0 Å². The number of hydrogen-bond donors (Lipinski definition) is 2. The van der Waals surface area contributed by atoms with Crippen molar-refractivity contribution < 1.29 is 0 Å². The maximum absolute atomic E-state index is 4.32. The van der Waals surface area contributed by atoms with E-state index in [1.807, 2.05) is 12.1 Å². The van der Waals surface area contributed by atoms with Crippen molar-refractivity contribution in [3.8, 4) is 5.69 Å². The van der Waals surface area contributed by atoms with Crippen LogP contribution in [0.25, 0.3) is 5.69 Å². The van der Waals surface area contributed by atoms with Crippen LogP contribution in [0.2, 0.25) is 0 Å². The van der Waals surface area contributed by atoms with E-state index in [9.17, 15) is 0 Å². The van der Waals surface area contributed by atoms with Gasteiger partial charge in [0.15, 0.2) is 5.96 Å². The fourth-order valence-electron chi connectivity index (χ4n) is 2.57. The van der Waals surface area contributed by atoms with Crippen molar-refractivity contribution in [1.82, 2.24) is 25.4 Å². The largest absolute Gasteiger partial charge is 0.356 e. The Morgan fingerprint density at radius 3 is 2.56 bits per heavy atom. The van der Waals surface area contributed by atoms with Crippen LogP contribution in [-0.2, 0) is 12.0 Å². The molecular weight excluding hydrogens is 471 g/mol. The highest BCUT2D eigenvalue weighted by Crippen LogP contribution is 2.26. The highest BCUT2D eigenvalue weighted by molar-refractivity contribution is 14.0. The smallest absolute Gasteiger partial charge is 0.191 e. The highest BCUT2D eigenvalue weighted by Gasteiger charge is 2.21. The van der Waals surface area contributed by atoms with Crippen molar-refractivity contribution in [2.75, 3.05) is 13.6 Å². The van der Waals surface area contributed by atoms with Gasteiger partial charge < -0.3 is 10.6 Å². The summed E-state index contributed by atoms with van der Waals surface area (Å²) in [5.74, 6) is 0.801. The molecule has 27 heavy (non-hydrogen) atoms. The molecule has 1 aromatic carbocycles. The molecule has 3 rings (SSSR count). The van der Waals surface area contributed by atoms with Crippen molar-refractivity contribution in [1.29, 1.82) is 0 Å². The molecule has 0 bridgehead atoms. The van der Waals surface area contributed by atoms with Crippen LogP contribution >= 0.6 is 35.3 Å². The van der Waals surface area contributed by atoms with Gasteiger partial charge in [0.05, 0.1) is 5.69 Å². The van der Waals surface area contributed by atoms with Gasteiger partial charge in [-0.25, -0.2) is 9.67 Å². The third-order valence-corrected chi connectivity index (χ3v) is 5.42. The molecule has 2 heterocycles. The number of hydrogen-bond acceptors (Lipinski definition) is 4. The second-order valence-corrected chi connectivity index (χ2v) is 7.59. The first kappa shape index (κ1) is 21.4. The van der Waals surface area contributed by atoms with E-state index < -0.39 is 0 Å². The molecule has 6 nitrogen and oxygen atoms in total. The van der Waals surface area contributed by atoms with Gasteiger partial charge in [0.25, 0.3) is 0 Å². The fourth-order valence-corrected chi connectivity index (χ4v) is 3.42. The van der Waals surface area contributed by atoms with E-state index in [0.29, 0.717) is 6.54 Å².